The molecule has 0 fully saturated rings. The van der Waals surface area contributed by atoms with Gasteiger partial charge in [-0.25, -0.2) is 0 Å². The van der Waals surface area contributed by atoms with Crippen molar-refractivity contribution >= 4 is 43.5 Å². The summed E-state index contributed by atoms with van der Waals surface area (Å²) >= 11 is 0. The van der Waals surface area contributed by atoms with Gasteiger partial charge in [-0.1, -0.05) is 145 Å². The third-order valence-corrected chi connectivity index (χ3v) is 8.10. The maximum Gasteiger partial charge on any atom is 0.135 e. The summed E-state index contributed by atoms with van der Waals surface area (Å²) in [5, 5.41) is 3.94. The maximum absolute atomic E-state index is 9.45. The Hall–Kier alpha value is -5.92. The van der Waals surface area contributed by atoms with E-state index in [4.69, 9.17) is 18.1 Å². The van der Waals surface area contributed by atoms with Crippen LogP contribution in [-0.2, 0) is 0 Å². The number of fused-ring (bicyclic) bond motifs is 5. The van der Waals surface area contributed by atoms with Gasteiger partial charge >= 0.3 is 0 Å². The third kappa shape index (κ3) is 4.24. The van der Waals surface area contributed by atoms with Crippen LogP contribution in [0.3, 0.4) is 0 Å². The lowest BCUT2D eigenvalue weighted by Gasteiger charge is -2.19. The lowest BCUT2D eigenvalue weighted by molar-refractivity contribution is 0.669. The second-order valence-electron chi connectivity index (χ2n) is 10.6. The molecule has 0 bridgehead atoms. The summed E-state index contributed by atoms with van der Waals surface area (Å²) in [6, 6.07) is 17.6. The maximum atomic E-state index is 9.45. The number of benzene rings is 8. The Balaban J connectivity index is 1.44. The van der Waals surface area contributed by atoms with Crippen molar-refractivity contribution in [1.29, 1.82) is 0 Å². The molecule has 9 aromatic rings. The van der Waals surface area contributed by atoms with Gasteiger partial charge in [0.2, 0.25) is 0 Å². The topological polar surface area (TPSA) is 13.1 Å². The summed E-state index contributed by atoms with van der Waals surface area (Å²) in [5.41, 5.74) is 2.29. The van der Waals surface area contributed by atoms with Crippen molar-refractivity contribution in [3.05, 3.63) is 170 Å². The van der Waals surface area contributed by atoms with Crippen molar-refractivity contribution in [3.63, 3.8) is 0 Å². The lowest BCUT2D eigenvalue weighted by Crippen LogP contribution is -1.92. The highest BCUT2D eigenvalue weighted by Crippen LogP contribution is 2.46. The van der Waals surface area contributed by atoms with E-state index in [9.17, 15) is 5.48 Å². The first kappa shape index (κ1) is 15.2. The van der Waals surface area contributed by atoms with Gasteiger partial charge in [-0.2, -0.15) is 0 Å². The fourth-order valence-electron chi connectivity index (χ4n) is 6.13. The molecule has 0 spiro atoms. The highest BCUT2D eigenvalue weighted by molar-refractivity contribution is 6.22. The van der Waals surface area contributed by atoms with E-state index in [1.165, 1.54) is 0 Å². The molecule has 0 aliphatic carbocycles. The fraction of sp³-hybridized carbons (Fsp3) is 0. The number of hydrogen-bond donors (Lipinski definition) is 0. The van der Waals surface area contributed by atoms with Gasteiger partial charge in [-0.15, -0.1) is 0 Å². The molecule has 0 atom stereocenters. The van der Waals surface area contributed by atoms with E-state index in [0.29, 0.717) is 32.7 Å². The molecule has 0 saturated heterocycles. The Morgan fingerprint density at radius 1 is 0.333 bits per heavy atom. The smallest absolute Gasteiger partial charge is 0.135 e. The van der Waals surface area contributed by atoms with Crippen molar-refractivity contribution in [2.75, 3.05) is 0 Å². The zero-order valence-corrected chi connectivity index (χ0v) is 23.5. The van der Waals surface area contributed by atoms with E-state index in [0.717, 1.165) is 21.9 Å². The summed E-state index contributed by atoms with van der Waals surface area (Å²) in [6.07, 6.45) is 0. The minimum atomic E-state index is -0.684. The third-order valence-electron chi connectivity index (χ3n) is 8.10. The van der Waals surface area contributed by atoms with E-state index < -0.39 is 95.7 Å². The summed E-state index contributed by atoms with van der Waals surface area (Å²) in [5.74, 6) is 0. The first-order valence-corrected chi connectivity index (χ1v) is 14.3. The fourth-order valence-corrected chi connectivity index (χ4v) is 6.13. The van der Waals surface area contributed by atoms with Crippen LogP contribution in [0.4, 0.5) is 0 Å². The first-order valence-electron chi connectivity index (χ1n) is 21.3. The van der Waals surface area contributed by atoms with E-state index in [1.807, 2.05) is 54.6 Å². The molecule has 0 amide bonds. The monoisotopic (exact) mass is 586 g/mol. The summed E-state index contributed by atoms with van der Waals surface area (Å²) in [7, 11) is 0. The minimum absolute atomic E-state index is 0.0686. The second kappa shape index (κ2) is 10.4. The standard InChI is InChI=1S/C44H28O/c1-3-11-29(12-4-1)31-19-21-32(22-20-31)43-36-16-7-8-17-37(36)44(38-25-23-33(27-40(38)43)30-13-5-2-6-14-30)34-24-26-42-39(28-34)35-15-9-10-18-41(35)45-42/h1-28H/i1D,2D,3D,4D,5D,6D,11D,12D,13D,14D,19D,20D,21D,22D. The Bertz CT molecular complexity index is 3250. The molecule has 1 heteroatoms. The molecule has 1 aromatic heterocycles. The molecule has 8 aromatic carbocycles. The van der Waals surface area contributed by atoms with Crippen LogP contribution in [0.15, 0.2) is 174 Å². The van der Waals surface area contributed by atoms with Gasteiger partial charge in [0.05, 0.1) is 19.2 Å². The number of hydrogen-bond acceptors (Lipinski definition) is 1. The molecular formula is C44H28O. The molecule has 0 radical (unpaired) electrons. The number of para-hydroxylation sites is 1. The average molecular weight is 587 g/mol. The van der Waals surface area contributed by atoms with E-state index in [1.54, 1.807) is 30.3 Å². The largest absolute Gasteiger partial charge is 0.456 e. The summed E-state index contributed by atoms with van der Waals surface area (Å²) < 4.78 is 128. The Kier molecular flexibility index (Phi) is 3.50. The van der Waals surface area contributed by atoms with Crippen molar-refractivity contribution < 1.29 is 23.6 Å². The van der Waals surface area contributed by atoms with Crippen molar-refractivity contribution in [1.82, 2.24) is 0 Å². The van der Waals surface area contributed by atoms with Crippen LogP contribution < -0.4 is 0 Å². The second-order valence-corrected chi connectivity index (χ2v) is 10.6. The average Bonchev–Trinajstić information content (AvgIpc) is 3.62. The predicted molar refractivity (Wildman–Crippen MR) is 190 cm³/mol. The van der Waals surface area contributed by atoms with Crippen LogP contribution in [0.2, 0.25) is 0 Å². The molecule has 0 saturated carbocycles. The molecule has 9 rings (SSSR count). The van der Waals surface area contributed by atoms with Crippen LogP contribution >= 0.6 is 0 Å². The highest BCUT2D eigenvalue weighted by Gasteiger charge is 2.19. The van der Waals surface area contributed by atoms with Gasteiger partial charge in [0.25, 0.3) is 0 Å². The summed E-state index contributed by atoms with van der Waals surface area (Å²) in [4.78, 5) is 0. The molecule has 0 aliphatic rings. The molecule has 210 valence electrons. The van der Waals surface area contributed by atoms with Gasteiger partial charge < -0.3 is 4.42 Å². The molecule has 1 heterocycles. The number of rotatable bonds is 4. The normalized spacial score (nSPS) is 15.9. The number of furan rings is 1. The minimum Gasteiger partial charge on any atom is -0.456 e. The highest BCUT2D eigenvalue weighted by atomic mass is 16.3. The van der Waals surface area contributed by atoms with Crippen molar-refractivity contribution in [2.24, 2.45) is 0 Å². The van der Waals surface area contributed by atoms with Crippen molar-refractivity contribution in [2.45, 2.75) is 0 Å². The SMILES string of the molecule is [2H]c1c([2H])c([2H])c(-c2ccc3c(-c4ccc5oc6ccccc6c5c4)c4ccccc4c(-c4c([2H])c([2H])c(-c5c([2H])c([2H])c([2H])c([2H])c5[2H])c([2H])c4[2H])c3c2)c([2H])c1[2H]. The molecule has 1 nitrogen and oxygen atoms in total. The molecule has 0 unspecified atom stereocenters. The molecular weight excluding hydrogens is 544 g/mol. The van der Waals surface area contributed by atoms with Gasteiger partial charge in [0.15, 0.2) is 0 Å². The lowest BCUT2D eigenvalue weighted by atomic mass is 9.84. The van der Waals surface area contributed by atoms with Gasteiger partial charge in [-0.3, -0.25) is 0 Å². The van der Waals surface area contributed by atoms with Crippen molar-refractivity contribution in [3.8, 4) is 44.5 Å². The van der Waals surface area contributed by atoms with E-state index in [-0.39, 0.29) is 22.3 Å². The Morgan fingerprint density at radius 3 is 1.53 bits per heavy atom. The van der Waals surface area contributed by atoms with Gasteiger partial charge in [-0.05, 0) is 90.3 Å². The van der Waals surface area contributed by atoms with Crippen LogP contribution in [0.25, 0.3) is 88.0 Å². The van der Waals surface area contributed by atoms with E-state index in [2.05, 4.69) is 0 Å². The van der Waals surface area contributed by atoms with Crippen LogP contribution in [-0.4, -0.2) is 0 Å². The first-order chi connectivity index (χ1) is 28.1. The van der Waals surface area contributed by atoms with Gasteiger partial charge in [0, 0.05) is 10.8 Å². The molecule has 45 heavy (non-hydrogen) atoms. The van der Waals surface area contributed by atoms with Crippen LogP contribution in [0, 0.1) is 0 Å². The quantitative estimate of drug-likeness (QED) is 0.187. The molecule has 0 N–H and O–H groups in total. The Morgan fingerprint density at radius 2 is 0.822 bits per heavy atom. The summed E-state index contributed by atoms with van der Waals surface area (Å²) in [6.45, 7) is 0. The van der Waals surface area contributed by atoms with E-state index >= 15 is 0 Å². The zero-order valence-electron chi connectivity index (χ0n) is 37.5. The molecule has 0 aliphatic heterocycles. The van der Waals surface area contributed by atoms with Gasteiger partial charge in [0.1, 0.15) is 11.2 Å². The predicted octanol–water partition coefficient (Wildman–Crippen LogP) is 12.6. The van der Waals surface area contributed by atoms with Crippen LogP contribution in [0.1, 0.15) is 19.2 Å². The zero-order chi connectivity index (χ0) is 41.9. The Labute approximate surface area is 281 Å². The van der Waals surface area contributed by atoms with Crippen LogP contribution in [0.5, 0.6) is 0 Å².